The van der Waals surface area contributed by atoms with Crippen LogP contribution >= 0.6 is 0 Å². The van der Waals surface area contributed by atoms with Gasteiger partial charge >= 0.3 is 0 Å². The van der Waals surface area contributed by atoms with Gasteiger partial charge in [0.2, 0.25) is 5.91 Å². The minimum atomic E-state index is 0.294. The van der Waals surface area contributed by atoms with Crippen molar-refractivity contribution in [3.8, 4) is 0 Å². The first-order valence-corrected chi connectivity index (χ1v) is 9.78. The van der Waals surface area contributed by atoms with E-state index in [-0.39, 0.29) is 0 Å². The van der Waals surface area contributed by atoms with E-state index in [4.69, 9.17) is 0 Å². The van der Waals surface area contributed by atoms with Crippen LogP contribution < -0.4 is 9.80 Å². The number of carbonyl (C=O) groups excluding carboxylic acids is 1. The highest BCUT2D eigenvalue weighted by Crippen LogP contribution is 2.22. The highest BCUT2D eigenvalue weighted by molar-refractivity contribution is 5.76. The Labute approximate surface area is 151 Å². The maximum Gasteiger partial charge on any atom is 0.222 e. The highest BCUT2D eigenvalue weighted by atomic mass is 16.2. The molecule has 2 aliphatic heterocycles. The molecule has 1 aromatic heterocycles. The predicted octanol–water partition coefficient (Wildman–Crippen LogP) is 2.55. The van der Waals surface area contributed by atoms with Crippen LogP contribution in [0.25, 0.3) is 0 Å². The molecule has 138 valence electrons. The van der Waals surface area contributed by atoms with Crippen LogP contribution in [0.5, 0.6) is 0 Å². The smallest absolute Gasteiger partial charge is 0.222 e. The van der Waals surface area contributed by atoms with Gasteiger partial charge in [0.1, 0.15) is 0 Å². The maximum atomic E-state index is 12.1. The topological polar surface area (TPSA) is 52.6 Å². The Morgan fingerprint density at radius 2 is 1.56 bits per heavy atom. The maximum absolute atomic E-state index is 12.1. The average molecular weight is 345 g/mol. The van der Waals surface area contributed by atoms with E-state index in [1.54, 1.807) is 0 Å². The van der Waals surface area contributed by atoms with Gasteiger partial charge in [0.05, 0.1) is 0 Å². The number of hydrogen-bond acceptors (Lipinski definition) is 5. The molecule has 25 heavy (non-hydrogen) atoms. The monoisotopic (exact) mass is 345 g/mol. The summed E-state index contributed by atoms with van der Waals surface area (Å²) in [7, 11) is 0. The predicted molar refractivity (Wildman–Crippen MR) is 101 cm³/mol. The number of rotatable bonds is 5. The molecular formula is C19H31N5O. The lowest BCUT2D eigenvalue weighted by Gasteiger charge is -2.35. The Morgan fingerprint density at radius 1 is 1.00 bits per heavy atom. The molecule has 0 radical (unpaired) electrons. The van der Waals surface area contributed by atoms with Crippen LogP contribution in [0, 0.1) is 5.92 Å². The number of unbranched alkanes of at least 4 members (excludes halogenated alkanes) is 1. The molecule has 2 saturated heterocycles. The van der Waals surface area contributed by atoms with Crippen molar-refractivity contribution in [1.29, 1.82) is 0 Å². The molecule has 1 aromatic rings. The number of hydrogen-bond donors (Lipinski definition) is 0. The van der Waals surface area contributed by atoms with Gasteiger partial charge < -0.3 is 14.7 Å². The second-order valence-electron chi connectivity index (χ2n) is 7.39. The van der Waals surface area contributed by atoms with Crippen molar-refractivity contribution >= 4 is 17.5 Å². The third-order valence-corrected chi connectivity index (χ3v) is 5.44. The summed E-state index contributed by atoms with van der Waals surface area (Å²) >= 11 is 0. The third-order valence-electron chi connectivity index (χ3n) is 5.44. The molecule has 1 amide bonds. The van der Waals surface area contributed by atoms with Gasteiger partial charge in [-0.3, -0.25) is 4.79 Å². The van der Waals surface area contributed by atoms with E-state index in [2.05, 4.69) is 46.0 Å². The number of anilines is 2. The fourth-order valence-electron chi connectivity index (χ4n) is 3.56. The molecular weight excluding hydrogens is 314 g/mol. The number of amides is 1. The molecule has 6 heteroatoms. The van der Waals surface area contributed by atoms with E-state index in [1.165, 1.54) is 12.8 Å². The first-order valence-electron chi connectivity index (χ1n) is 9.78. The lowest BCUT2D eigenvalue weighted by molar-refractivity contribution is -0.131. The van der Waals surface area contributed by atoms with Crippen molar-refractivity contribution in [3.63, 3.8) is 0 Å². The zero-order valence-electron chi connectivity index (χ0n) is 15.7. The van der Waals surface area contributed by atoms with Gasteiger partial charge in [0.25, 0.3) is 0 Å². The summed E-state index contributed by atoms with van der Waals surface area (Å²) < 4.78 is 0. The fraction of sp³-hybridized carbons (Fsp3) is 0.737. The van der Waals surface area contributed by atoms with E-state index in [9.17, 15) is 4.79 Å². The summed E-state index contributed by atoms with van der Waals surface area (Å²) in [5.41, 5.74) is 0. The van der Waals surface area contributed by atoms with Crippen LogP contribution in [0.3, 0.4) is 0 Å². The first-order chi connectivity index (χ1) is 12.2. The van der Waals surface area contributed by atoms with Crippen LogP contribution in [-0.2, 0) is 4.79 Å². The first kappa shape index (κ1) is 18.0. The molecule has 2 aliphatic rings. The molecule has 3 rings (SSSR count). The summed E-state index contributed by atoms with van der Waals surface area (Å²) in [6.45, 7) is 9.85. The number of aromatic nitrogens is 2. The van der Waals surface area contributed by atoms with Crippen LogP contribution in [0.4, 0.5) is 11.6 Å². The molecule has 0 N–H and O–H groups in total. The lowest BCUT2D eigenvalue weighted by Crippen LogP contribution is -2.49. The van der Waals surface area contributed by atoms with Crippen molar-refractivity contribution in [1.82, 2.24) is 15.1 Å². The molecule has 0 aliphatic carbocycles. The van der Waals surface area contributed by atoms with Crippen molar-refractivity contribution in [2.24, 2.45) is 5.92 Å². The molecule has 0 bridgehead atoms. The number of carbonyl (C=O) groups is 1. The standard InChI is InChI=1S/C19H31N5O/c1-3-4-5-19(25)24-14-12-23(13-15-24)18-7-6-17(20-21-18)22-10-8-16(2)9-11-22/h6-7,16H,3-5,8-15H2,1-2H3. The van der Waals surface area contributed by atoms with E-state index in [0.29, 0.717) is 12.3 Å². The zero-order valence-corrected chi connectivity index (χ0v) is 15.7. The Morgan fingerprint density at radius 3 is 2.08 bits per heavy atom. The minimum absolute atomic E-state index is 0.294. The quantitative estimate of drug-likeness (QED) is 0.821. The van der Waals surface area contributed by atoms with Gasteiger partial charge in [-0.1, -0.05) is 20.3 Å². The lowest BCUT2D eigenvalue weighted by atomic mass is 9.99. The van der Waals surface area contributed by atoms with Gasteiger partial charge in [-0.05, 0) is 37.3 Å². The van der Waals surface area contributed by atoms with Gasteiger partial charge in [-0.25, -0.2) is 0 Å². The molecule has 2 fully saturated rings. The molecule has 0 spiro atoms. The second kappa shape index (κ2) is 8.50. The fourth-order valence-corrected chi connectivity index (χ4v) is 3.56. The molecule has 0 saturated carbocycles. The Hall–Kier alpha value is -1.85. The largest absolute Gasteiger partial charge is 0.355 e. The van der Waals surface area contributed by atoms with Crippen molar-refractivity contribution in [2.75, 3.05) is 49.1 Å². The molecule has 0 unspecified atom stereocenters. The minimum Gasteiger partial charge on any atom is -0.355 e. The Balaban J connectivity index is 1.51. The highest BCUT2D eigenvalue weighted by Gasteiger charge is 2.22. The van der Waals surface area contributed by atoms with Crippen LogP contribution in [0.1, 0.15) is 46.0 Å². The molecule has 0 atom stereocenters. The zero-order chi connectivity index (χ0) is 17.6. The summed E-state index contributed by atoms with van der Waals surface area (Å²) in [6.07, 6.45) is 5.21. The SMILES string of the molecule is CCCCC(=O)N1CCN(c2ccc(N3CCC(C)CC3)nn2)CC1. The molecule has 3 heterocycles. The Kier molecular flexibility index (Phi) is 6.10. The summed E-state index contributed by atoms with van der Waals surface area (Å²) in [5.74, 6) is 3.03. The van der Waals surface area contributed by atoms with E-state index in [1.807, 2.05) is 4.90 Å². The van der Waals surface area contributed by atoms with Gasteiger partial charge in [-0.2, -0.15) is 0 Å². The van der Waals surface area contributed by atoms with E-state index in [0.717, 1.165) is 69.7 Å². The summed E-state index contributed by atoms with van der Waals surface area (Å²) in [6, 6.07) is 4.17. The molecule has 0 aromatic carbocycles. The Bertz CT molecular complexity index is 545. The second-order valence-corrected chi connectivity index (χ2v) is 7.39. The van der Waals surface area contributed by atoms with Gasteiger partial charge in [0.15, 0.2) is 11.6 Å². The van der Waals surface area contributed by atoms with Crippen molar-refractivity contribution < 1.29 is 4.79 Å². The number of nitrogens with zero attached hydrogens (tertiary/aromatic N) is 5. The van der Waals surface area contributed by atoms with Crippen LogP contribution in [0.2, 0.25) is 0 Å². The van der Waals surface area contributed by atoms with Crippen LogP contribution in [-0.4, -0.2) is 60.3 Å². The third kappa shape index (κ3) is 4.61. The van der Waals surface area contributed by atoms with Crippen LogP contribution in [0.15, 0.2) is 12.1 Å². The number of piperidine rings is 1. The number of piperazine rings is 1. The van der Waals surface area contributed by atoms with Crippen molar-refractivity contribution in [2.45, 2.75) is 46.0 Å². The summed E-state index contributed by atoms with van der Waals surface area (Å²) in [4.78, 5) is 18.7. The normalized spacial score (nSPS) is 19.4. The van der Waals surface area contributed by atoms with Gasteiger partial charge in [0, 0.05) is 45.7 Å². The summed E-state index contributed by atoms with van der Waals surface area (Å²) in [5, 5.41) is 8.90. The van der Waals surface area contributed by atoms with E-state index < -0.39 is 0 Å². The van der Waals surface area contributed by atoms with Crippen molar-refractivity contribution in [3.05, 3.63) is 12.1 Å². The van der Waals surface area contributed by atoms with E-state index >= 15 is 0 Å². The van der Waals surface area contributed by atoms with Gasteiger partial charge in [-0.15, -0.1) is 10.2 Å². The molecule has 6 nitrogen and oxygen atoms in total. The average Bonchev–Trinajstić information content (AvgIpc) is 2.67.